The van der Waals surface area contributed by atoms with Crippen molar-refractivity contribution in [3.05, 3.63) is 29.8 Å². The fourth-order valence-corrected chi connectivity index (χ4v) is 1.28. The van der Waals surface area contributed by atoms with Gasteiger partial charge in [-0.1, -0.05) is 12.1 Å². The van der Waals surface area contributed by atoms with Gasteiger partial charge in [-0.15, -0.1) is 12.4 Å². The van der Waals surface area contributed by atoms with Gasteiger partial charge < -0.3 is 15.6 Å². The fourth-order valence-electron chi connectivity index (χ4n) is 1.28. The number of benzene rings is 1. The number of aromatic hydroxyl groups is 1. The first-order valence-corrected chi connectivity index (χ1v) is 4.99. The van der Waals surface area contributed by atoms with Crippen LogP contribution in [0.2, 0.25) is 0 Å². The van der Waals surface area contributed by atoms with Gasteiger partial charge in [0.05, 0.1) is 6.61 Å². The molecule has 18 heavy (non-hydrogen) atoms. The summed E-state index contributed by atoms with van der Waals surface area (Å²) in [7, 11) is 0. The molecule has 0 aliphatic heterocycles. The highest BCUT2D eigenvalue weighted by atomic mass is 35.5. The van der Waals surface area contributed by atoms with E-state index in [-0.39, 0.29) is 30.3 Å². The molecule has 0 aromatic heterocycles. The van der Waals surface area contributed by atoms with E-state index in [0.717, 1.165) is 6.07 Å². The van der Waals surface area contributed by atoms with Crippen molar-refractivity contribution in [3.63, 3.8) is 0 Å². The van der Waals surface area contributed by atoms with Gasteiger partial charge in [0.1, 0.15) is 11.8 Å². The van der Waals surface area contributed by atoms with Crippen molar-refractivity contribution in [2.45, 2.75) is 18.9 Å². The molecule has 7 heteroatoms. The number of phenolic OH excluding ortho intramolecular Hbond substituents is 1. The molecule has 1 aromatic carbocycles. The zero-order valence-corrected chi connectivity index (χ0v) is 10.4. The SMILES string of the molecule is CCOC(=O)C(F)(F)[C@H](N)c1cccc(O)c1.Cl. The molecule has 0 saturated carbocycles. The van der Waals surface area contributed by atoms with Crippen LogP contribution in [-0.2, 0) is 9.53 Å². The zero-order valence-electron chi connectivity index (χ0n) is 9.60. The molecule has 0 saturated heterocycles. The molecule has 1 rings (SSSR count). The highest BCUT2D eigenvalue weighted by Crippen LogP contribution is 2.31. The standard InChI is InChI=1S/C11H13F2NO3.ClH/c1-2-17-10(16)11(12,13)9(14)7-4-3-5-8(15)6-7;/h3-6,9,15H,2,14H2,1H3;1H/t9-;/m1./s1. The number of alkyl halides is 2. The Kier molecular flexibility index (Phi) is 6.00. The van der Waals surface area contributed by atoms with Gasteiger partial charge in [-0.05, 0) is 24.6 Å². The minimum absolute atomic E-state index is 0. The summed E-state index contributed by atoms with van der Waals surface area (Å²) in [6.07, 6.45) is 0. The van der Waals surface area contributed by atoms with Gasteiger partial charge in [-0.25, -0.2) is 4.79 Å². The zero-order chi connectivity index (χ0) is 13.1. The number of carbonyl (C=O) groups is 1. The highest BCUT2D eigenvalue weighted by molar-refractivity contribution is 5.85. The molecule has 4 nitrogen and oxygen atoms in total. The van der Waals surface area contributed by atoms with Crippen LogP contribution in [0.1, 0.15) is 18.5 Å². The van der Waals surface area contributed by atoms with Gasteiger partial charge >= 0.3 is 11.9 Å². The second-order valence-electron chi connectivity index (χ2n) is 3.42. The van der Waals surface area contributed by atoms with Crippen LogP contribution >= 0.6 is 12.4 Å². The van der Waals surface area contributed by atoms with Crippen molar-refractivity contribution in [1.82, 2.24) is 0 Å². The maximum absolute atomic E-state index is 13.5. The van der Waals surface area contributed by atoms with Crippen LogP contribution in [0.25, 0.3) is 0 Å². The summed E-state index contributed by atoms with van der Waals surface area (Å²) >= 11 is 0. The molecular weight excluding hydrogens is 268 g/mol. The quantitative estimate of drug-likeness (QED) is 0.828. The normalized spacial score (nSPS) is 12.4. The maximum atomic E-state index is 13.5. The van der Waals surface area contributed by atoms with E-state index < -0.39 is 17.9 Å². The summed E-state index contributed by atoms with van der Waals surface area (Å²) in [5.74, 6) is -5.70. The number of rotatable bonds is 4. The molecule has 0 fully saturated rings. The van der Waals surface area contributed by atoms with Crippen LogP contribution in [0.3, 0.4) is 0 Å². The molecule has 1 atom stereocenters. The van der Waals surface area contributed by atoms with Gasteiger partial charge in [0.15, 0.2) is 0 Å². The molecule has 3 N–H and O–H groups in total. The Balaban J connectivity index is 0.00000289. The summed E-state index contributed by atoms with van der Waals surface area (Å²) in [4.78, 5) is 11.0. The number of nitrogens with two attached hydrogens (primary N) is 1. The molecule has 0 radical (unpaired) electrons. The van der Waals surface area contributed by atoms with Crippen molar-refractivity contribution >= 4 is 18.4 Å². The monoisotopic (exact) mass is 281 g/mol. The van der Waals surface area contributed by atoms with Crippen molar-refractivity contribution in [1.29, 1.82) is 0 Å². The first kappa shape index (κ1) is 16.6. The van der Waals surface area contributed by atoms with Gasteiger partial charge in [0.2, 0.25) is 0 Å². The van der Waals surface area contributed by atoms with Crippen LogP contribution in [0, 0.1) is 0 Å². The molecule has 0 spiro atoms. The van der Waals surface area contributed by atoms with E-state index in [2.05, 4.69) is 4.74 Å². The lowest BCUT2D eigenvalue weighted by atomic mass is 10.0. The molecule has 0 unspecified atom stereocenters. The van der Waals surface area contributed by atoms with Crippen LogP contribution in [-0.4, -0.2) is 23.6 Å². The molecule has 1 aromatic rings. The van der Waals surface area contributed by atoms with E-state index in [1.165, 1.54) is 25.1 Å². The molecule has 0 aliphatic carbocycles. The number of hydrogen-bond acceptors (Lipinski definition) is 4. The van der Waals surface area contributed by atoms with Crippen molar-refractivity contribution in [2.75, 3.05) is 6.61 Å². The number of phenols is 1. The summed E-state index contributed by atoms with van der Waals surface area (Å²) in [6, 6.07) is 3.22. The maximum Gasteiger partial charge on any atom is 0.379 e. The molecule has 0 bridgehead atoms. The second kappa shape index (κ2) is 6.51. The van der Waals surface area contributed by atoms with Crippen LogP contribution in [0.4, 0.5) is 8.78 Å². The van der Waals surface area contributed by atoms with E-state index >= 15 is 0 Å². The Hall–Kier alpha value is -1.40. The van der Waals surface area contributed by atoms with E-state index in [9.17, 15) is 13.6 Å². The minimum atomic E-state index is -3.83. The fraction of sp³-hybridized carbons (Fsp3) is 0.364. The van der Waals surface area contributed by atoms with Gasteiger partial charge in [0.25, 0.3) is 0 Å². The average molecular weight is 282 g/mol. The minimum Gasteiger partial charge on any atom is -0.508 e. The lowest BCUT2D eigenvalue weighted by Gasteiger charge is -2.21. The first-order valence-electron chi connectivity index (χ1n) is 4.99. The molecular formula is C11H14ClF2NO3. The third-order valence-corrected chi connectivity index (χ3v) is 2.17. The number of hydrogen-bond donors (Lipinski definition) is 2. The topological polar surface area (TPSA) is 72.5 Å². The second-order valence-corrected chi connectivity index (χ2v) is 3.42. The van der Waals surface area contributed by atoms with E-state index in [1.54, 1.807) is 0 Å². The number of esters is 1. The molecule has 0 heterocycles. The smallest absolute Gasteiger partial charge is 0.379 e. The Morgan fingerprint density at radius 1 is 1.56 bits per heavy atom. The third kappa shape index (κ3) is 3.54. The molecule has 0 amide bonds. The predicted octanol–water partition coefficient (Wildman–Crippen LogP) is 2.01. The van der Waals surface area contributed by atoms with E-state index in [4.69, 9.17) is 10.8 Å². The lowest BCUT2D eigenvalue weighted by molar-refractivity contribution is -0.174. The lowest BCUT2D eigenvalue weighted by Crippen LogP contribution is -2.41. The van der Waals surface area contributed by atoms with Crippen LogP contribution in [0.15, 0.2) is 24.3 Å². The van der Waals surface area contributed by atoms with E-state index in [1.807, 2.05) is 0 Å². The number of carbonyl (C=O) groups excluding carboxylic acids is 1. The number of halogens is 3. The summed E-state index contributed by atoms with van der Waals surface area (Å²) in [6.45, 7) is 1.27. The first-order chi connectivity index (χ1) is 7.89. The van der Waals surface area contributed by atoms with Crippen LogP contribution < -0.4 is 5.73 Å². The van der Waals surface area contributed by atoms with E-state index in [0.29, 0.717) is 0 Å². The Bertz CT molecular complexity index is 415. The van der Waals surface area contributed by atoms with Gasteiger partial charge in [0, 0.05) is 0 Å². The summed E-state index contributed by atoms with van der Waals surface area (Å²) in [5, 5.41) is 9.15. The average Bonchev–Trinajstić information content (AvgIpc) is 2.28. The predicted molar refractivity (Wildman–Crippen MR) is 63.9 cm³/mol. The summed E-state index contributed by atoms with van der Waals surface area (Å²) in [5.41, 5.74) is 5.27. The van der Waals surface area contributed by atoms with Crippen molar-refractivity contribution in [2.24, 2.45) is 5.73 Å². The third-order valence-electron chi connectivity index (χ3n) is 2.17. The van der Waals surface area contributed by atoms with Gasteiger partial charge in [-0.2, -0.15) is 8.78 Å². The van der Waals surface area contributed by atoms with Gasteiger partial charge in [-0.3, -0.25) is 0 Å². The molecule has 0 aliphatic rings. The highest BCUT2D eigenvalue weighted by Gasteiger charge is 2.47. The van der Waals surface area contributed by atoms with Crippen molar-refractivity contribution in [3.8, 4) is 5.75 Å². The number of ether oxygens (including phenoxy) is 1. The van der Waals surface area contributed by atoms with Crippen LogP contribution in [0.5, 0.6) is 5.75 Å². The Morgan fingerprint density at radius 3 is 2.67 bits per heavy atom. The summed E-state index contributed by atoms with van der Waals surface area (Å²) < 4.78 is 31.3. The molecule has 102 valence electrons. The largest absolute Gasteiger partial charge is 0.508 e. The van der Waals surface area contributed by atoms with Crippen molar-refractivity contribution < 1.29 is 23.4 Å². The Labute approximate surface area is 109 Å². The Morgan fingerprint density at radius 2 is 2.17 bits per heavy atom.